The van der Waals surface area contributed by atoms with Crippen LogP contribution in [-0.2, 0) is 14.3 Å². The predicted octanol–water partition coefficient (Wildman–Crippen LogP) is 12.7. The van der Waals surface area contributed by atoms with E-state index in [2.05, 4.69) is 19.2 Å². The van der Waals surface area contributed by atoms with Crippen molar-refractivity contribution in [1.82, 2.24) is 5.32 Å². The zero-order valence-corrected chi connectivity index (χ0v) is 40.9. The van der Waals surface area contributed by atoms with Gasteiger partial charge in [-0.05, 0) is 12.8 Å². The summed E-state index contributed by atoms with van der Waals surface area (Å²) in [7, 11) is 0. The molecule has 1 fully saturated rings. The van der Waals surface area contributed by atoms with E-state index >= 15 is 0 Å². The van der Waals surface area contributed by atoms with Gasteiger partial charge in [0, 0.05) is 6.42 Å². The molecule has 1 heterocycles. The summed E-state index contributed by atoms with van der Waals surface area (Å²) >= 11 is 0. The van der Waals surface area contributed by atoms with Crippen molar-refractivity contribution in [3.05, 3.63) is 0 Å². The van der Waals surface area contributed by atoms with Crippen molar-refractivity contribution in [2.75, 3.05) is 13.2 Å². The average molecular weight is 884 g/mol. The molecule has 0 aromatic carbocycles. The van der Waals surface area contributed by atoms with Gasteiger partial charge in [-0.3, -0.25) is 4.79 Å². The van der Waals surface area contributed by atoms with Crippen LogP contribution in [0.2, 0.25) is 0 Å². The average Bonchev–Trinajstić information content (AvgIpc) is 3.27. The van der Waals surface area contributed by atoms with Gasteiger partial charge < -0.3 is 40.3 Å². The van der Waals surface area contributed by atoms with Crippen LogP contribution in [0.25, 0.3) is 0 Å². The lowest BCUT2D eigenvalue weighted by molar-refractivity contribution is -0.302. The van der Waals surface area contributed by atoms with Gasteiger partial charge in [-0.1, -0.05) is 258 Å². The van der Waals surface area contributed by atoms with E-state index in [0.717, 1.165) is 38.5 Å². The van der Waals surface area contributed by atoms with Crippen molar-refractivity contribution in [2.45, 2.75) is 320 Å². The maximum atomic E-state index is 13.0. The molecule has 62 heavy (non-hydrogen) atoms. The molecule has 0 aliphatic carbocycles. The predicted molar refractivity (Wildman–Crippen MR) is 258 cm³/mol. The second-order valence-electron chi connectivity index (χ2n) is 19.4. The summed E-state index contributed by atoms with van der Waals surface area (Å²) in [4.78, 5) is 13.0. The smallest absolute Gasteiger partial charge is 0.220 e. The summed E-state index contributed by atoms with van der Waals surface area (Å²) in [5.41, 5.74) is 0. The molecule has 1 aliphatic rings. The van der Waals surface area contributed by atoms with Gasteiger partial charge in [0.25, 0.3) is 0 Å². The highest BCUT2D eigenvalue weighted by Gasteiger charge is 2.44. The number of amides is 1. The monoisotopic (exact) mass is 884 g/mol. The van der Waals surface area contributed by atoms with E-state index in [-0.39, 0.29) is 12.5 Å². The van der Waals surface area contributed by atoms with E-state index in [1.165, 1.54) is 212 Å². The van der Waals surface area contributed by atoms with Crippen molar-refractivity contribution < 1.29 is 39.8 Å². The van der Waals surface area contributed by atoms with Gasteiger partial charge in [-0.15, -0.1) is 0 Å². The number of unbranched alkanes of at least 4 members (excludes halogenated alkanes) is 37. The van der Waals surface area contributed by atoms with Crippen LogP contribution in [0.3, 0.4) is 0 Å². The SMILES string of the molecule is CCCCCCCCCCCCCCCCCCCCCCCCCCC(=O)NC(COC1OC(CO)C(O)C(O)C1O)C(O)CCCCCCCCCCCCCCCCC. The first-order chi connectivity index (χ1) is 30.3. The van der Waals surface area contributed by atoms with Crippen molar-refractivity contribution in [3.63, 3.8) is 0 Å². The van der Waals surface area contributed by atoms with Gasteiger partial charge in [0.2, 0.25) is 5.91 Å². The van der Waals surface area contributed by atoms with Crippen LogP contribution in [0.5, 0.6) is 0 Å². The maximum Gasteiger partial charge on any atom is 0.220 e. The normalized spacial score (nSPS) is 20.1. The van der Waals surface area contributed by atoms with Crippen molar-refractivity contribution in [2.24, 2.45) is 0 Å². The molecule has 0 radical (unpaired) electrons. The summed E-state index contributed by atoms with van der Waals surface area (Å²) < 4.78 is 11.3. The fourth-order valence-corrected chi connectivity index (χ4v) is 9.11. The van der Waals surface area contributed by atoms with E-state index in [1.54, 1.807) is 0 Å². The van der Waals surface area contributed by atoms with Gasteiger partial charge in [0.05, 0.1) is 25.4 Å². The largest absolute Gasteiger partial charge is 0.394 e. The van der Waals surface area contributed by atoms with Gasteiger partial charge in [-0.2, -0.15) is 0 Å². The molecule has 7 unspecified atom stereocenters. The number of carbonyl (C=O) groups excluding carboxylic acids is 1. The lowest BCUT2D eigenvalue weighted by Gasteiger charge is -2.40. The molecular weight excluding hydrogens is 779 g/mol. The molecule has 0 spiro atoms. The Bertz CT molecular complexity index is 939. The number of rotatable bonds is 47. The van der Waals surface area contributed by atoms with Gasteiger partial charge in [0.1, 0.15) is 24.4 Å². The molecule has 6 N–H and O–H groups in total. The Labute approximate surface area is 383 Å². The second kappa shape index (κ2) is 44.0. The first-order valence-corrected chi connectivity index (χ1v) is 27.2. The molecule has 7 atom stereocenters. The molecule has 370 valence electrons. The van der Waals surface area contributed by atoms with E-state index < -0.39 is 49.5 Å². The summed E-state index contributed by atoms with van der Waals surface area (Å²) in [5.74, 6) is -0.137. The third kappa shape index (κ3) is 33.6. The number of aliphatic hydroxyl groups excluding tert-OH is 5. The summed E-state index contributed by atoms with van der Waals surface area (Å²) in [6.45, 7) is 3.87. The zero-order chi connectivity index (χ0) is 45.1. The quantitative estimate of drug-likeness (QED) is 0.0331. The van der Waals surface area contributed by atoms with Crippen LogP contribution in [0.4, 0.5) is 0 Å². The third-order valence-corrected chi connectivity index (χ3v) is 13.5. The van der Waals surface area contributed by atoms with Crippen LogP contribution in [-0.4, -0.2) is 87.5 Å². The van der Waals surface area contributed by atoms with Gasteiger partial charge in [0.15, 0.2) is 6.29 Å². The highest BCUT2D eigenvalue weighted by molar-refractivity contribution is 5.76. The number of hydrogen-bond donors (Lipinski definition) is 6. The number of ether oxygens (including phenoxy) is 2. The van der Waals surface area contributed by atoms with Crippen LogP contribution in [0.1, 0.15) is 277 Å². The fraction of sp³-hybridized carbons (Fsp3) is 0.981. The highest BCUT2D eigenvalue weighted by Crippen LogP contribution is 2.23. The molecular formula is C53H105NO8. The molecule has 9 nitrogen and oxygen atoms in total. The Morgan fingerprint density at radius 3 is 1.15 bits per heavy atom. The highest BCUT2D eigenvalue weighted by atomic mass is 16.7. The van der Waals surface area contributed by atoms with Crippen LogP contribution >= 0.6 is 0 Å². The Balaban J connectivity index is 2.19. The summed E-state index contributed by atoms with van der Waals surface area (Å²) in [5, 5.41) is 54.5. The fourth-order valence-electron chi connectivity index (χ4n) is 9.11. The second-order valence-corrected chi connectivity index (χ2v) is 19.4. The Kier molecular flexibility index (Phi) is 42.1. The molecule has 1 rings (SSSR count). The molecule has 0 bridgehead atoms. The topological polar surface area (TPSA) is 149 Å². The number of nitrogens with one attached hydrogen (secondary N) is 1. The van der Waals surface area contributed by atoms with Crippen molar-refractivity contribution in [1.29, 1.82) is 0 Å². The molecule has 0 saturated carbocycles. The third-order valence-electron chi connectivity index (χ3n) is 13.5. The minimum Gasteiger partial charge on any atom is -0.394 e. The van der Waals surface area contributed by atoms with Crippen molar-refractivity contribution >= 4 is 5.91 Å². The Morgan fingerprint density at radius 1 is 0.484 bits per heavy atom. The van der Waals surface area contributed by atoms with Gasteiger partial charge >= 0.3 is 0 Å². The summed E-state index contributed by atoms with van der Waals surface area (Å²) in [6.07, 6.45) is 44.1. The minimum absolute atomic E-state index is 0.131. The van der Waals surface area contributed by atoms with Crippen LogP contribution < -0.4 is 5.32 Å². The molecule has 1 aliphatic heterocycles. The minimum atomic E-state index is -1.55. The standard InChI is InChI=1S/C53H105NO8/c1-3-5-7-9-11-13-15-17-19-20-21-22-23-24-25-26-27-29-31-33-35-37-39-41-43-49(57)54-46(45-61-53-52(60)51(59)50(58)48(44-55)62-53)47(56)42-40-38-36-34-32-30-28-18-16-14-12-10-8-6-4-2/h46-48,50-53,55-56,58-60H,3-45H2,1-2H3,(H,54,57). The van der Waals surface area contributed by atoms with Crippen molar-refractivity contribution in [3.8, 4) is 0 Å². The summed E-state index contributed by atoms with van der Waals surface area (Å²) in [6, 6.07) is -0.712. The Hall–Kier alpha value is -0.810. The number of hydrogen-bond acceptors (Lipinski definition) is 8. The maximum absolute atomic E-state index is 13.0. The molecule has 9 heteroatoms. The molecule has 1 saturated heterocycles. The van der Waals surface area contributed by atoms with E-state index in [0.29, 0.717) is 12.8 Å². The van der Waals surface area contributed by atoms with E-state index in [9.17, 15) is 30.3 Å². The van der Waals surface area contributed by atoms with Crippen LogP contribution in [0.15, 0.2) is 0 Å². The van der Waals surface area contributed by atoms with Crippen LogP contribution in [0, 0.1) is 0 Å². The zero-order valence-electron chi connectivity index (χ0n) is 40.9. The van der Waals surface area contributed by atoms with E-state index in [4.69, 9.17) is 9.47 Å². The lowest BCUT2D eigenvalue weighted by atomic mass is 9.99. The lowest BCUT2D eigenvalue weighted by Crippen LogP contribution is -2.60. The van der Waals surface area contributed by atoms with E-state index in [1.807, 2.05) is 0 Å². The molecule has 0 aromatic heterocycles. The molecule has 0 aromatic rings. The molecule has 1 amide bonds. The first-order valence-electron chi connectivity index (χ1n) is 27.2. The Morgan fingerprint density at radius 2 is 0.806 bits per heavy atom. The first kappa shape index (κ1) is 59.2. The number of carbonyl (C=O) groups is 1. The number of aliphatic hydroxyl groups is 5. The van der Waals surface area contributed by atoms with Gasteiger partial charge in [-0.25, -0.2) is 0 Å².